The standard InChI is InChI=1S/C13H17NO4/c1-17-9-5-8(6-10(7-9)18-2)11-3-4-14-12(11)13(15)16/h5-7,11-12,14H,3-4H2,1-2H3,(H,15,16)/t11-,12+/m0/s1. The van der Waals surface area contributed by atoms with E-state index in [1.807, 2.05) is 12.1 Å². The summed E-state index contributed by atoms with van der Waals surface area (Å²) in [6, 6.07) is 4.98. The predicted octanol–water partition coefficient (Wildman–Crippen LogP) is 1.23. The van der Waals surface area contributed by atoms with E-state index in [-0.39, 0.29) is 5.92 Å². The van der Waals surface area contributed by atoms with Crippen LogP contribution in [0, 0.1) is 0 Å². The lowest BCUT2D eigenvalue weighted by molar-refractivity contribution is -0.139. The van der Waals surface area contributed by atoms with E-state index in [2.05, 4.69) is 5.32 Å². The van der Waals surface area contributed by atoms with Gasteiger partial charge in [-0.2, -0.15) is 0 Å². The van der Waals surface area contributed by atoms with Crippen molar-refractivity contribution in [3.05, 3.63) is 23.8 Å². The Labute approximate surface area is 106 Å². The molecule has 98 valence electrons. The molecule has 0 radical (unpaired) electrons. The number of nitrogens with one attached hydrogen (secondary N) is 1. The third kappa shape index (κ3) is 2.41. The zero-order chi connectivity index (χ0) is 13.1. The van der Waals surface area contributed by atoms with Gasteiger partial charge in [0.2, 0.25) is 0 Å². The molecule has 18 heavy (non-hydrogen) atoms. The number of rotatable bonds is 4. The fourth-order valence-corrected chi connectivity index (χ4v) is 2.37. The van der Waals surface area contributed by atoms with E-state index in [9.17, 15) is 9.90 Å². The third-order valence-corrected chi connectivity index (χ3v) is 3.29. The monoisotopic (exact) mass is 251 g/mol. The Morgan fingerprint density at radius 3 is 2.39 bits per heavy atom. The SMILES string of the molecule is COc1cc(OC)cc([C@@H]2CCN[C@H]2C(=O)O)c1. The summed E-state index contributed by atoms with van der Waals surface area (Å²) in [5.41, 5.74) is 0.934. The van der Waals surface area contributed by atoms with Crippen molar-refractivity contribution in [2.24, 2.45) is 0 Å². The van der Waals surface area contributed by atoms with E-state index in [1.54, 1.807) is 20.3 Å². The van der Waals surface area contributed by atoms with Gasteiger partial charge in [-0.05, 0) is 30.7 Å². The van der Waals surface area contributed by atoms with Crippen LogP contribution >= 0.6 is 0 Å². The van der Waals surface area contributed by atoms with Crippen LogP contribution in [0.15, 0.2) is 18.2 Å². The Balaban J connectivity index is 2.34. The molecule has 0 saturated carbocycles. The number of carboxylic acid groups (broad SMARTS) is 1. The number of carbonyl (C=O) groups is 1. The van der Waals surface area contributed by atoms with E-state index in [0.29, 0.717) is 18.0 Å². The van der Waals surface area contributed by atoms with Crippen molar-refractivity contribution in [1.82, 2.24) is 5.32 Å². The highest BCUT2D eigenvalue weighted by molar-refractivity contribution is 5.75. The van der Waals surface area contributed by atoms with Crippen molar-refractivity contribution in [3.8, 4) is 11.5 Å². The molecule has 5 heteroatoms. The van der Waals surface area contributed by atoms with Crippen LogP contribution in [0.4, 0.5) is 0 Å². The maximum absolute atomic E-state index is 11.2. The molecular formula is C13H17NO4. The fourth-order valence-electron chi connectivity index (χ4n) is 2.37. The Bertz CT molecular complexity index is 424. The Hall–Kier alpha value is -1.75. The van der Waals surface area contributed by atoms with Gasteiger partial charge in [-0.15, -0.1) is 0 Å². The second kappa shape index (κ2) is 5.27. The van der Waals surface area contributed by atoms with Crippen molar-refractivity contribution in [2.45, 2.75) is 18.4 Å². The van der Waals surface area contributed by atoms with Crippen molar-refractivity contribution in [1.29, 1.82) is 0 Å². The minimum absolute atomic E-state index is 0.0495. The topological polar surface area (TPSA) is 67.8 Å². The molecule has 0 aliphatic carbocycles. The summed E-state index contributed by atoms with van der Waals surface area (Å²) in [4.78, 5) is 11.2. The number of ether oxygens (including phenoxy) is 2. The lowest BCUT2D eigenvalue weighted by atomic mass is 9.91. The van der Waals surface area contributed by atoms with Gasteiger partial charge in [0.05, 0.1) is 14.2 Å². The summed E-state index contributed by atoms with van der Waals surface area (Å²) in [5.74, 6) is 0.492. The number of hydrogen-bond acceptors (Lipinski definition) is 4. The van der Waals surface area contributed by atoms with Crippen LogP contribution in [-0.4, -0.2) is 37.9 Å². The molecule has 1 fully saturated rings. The van der Waals surface area contributed by atoms with Gasteiger partial charge in [0, 0.05) is 12.0 Å². The van der Waals surface area contributed by atoms with E-state index in [1.165, 1.54) is 0 Å². The number of benzene rings is 1. The number of aliphatic carboxylic acids is 1. The van der Waals surface area contributed by atoms with Gasteiger partial charge in [-0.3, -0.25) is 4.79 Å². The van der Waals surface area contributed by atoms with Crippen LogP contribution in [-0.2, 0) is 4.79 Å². The summed E-state index contributed by atoms with van der Waals surface area (Å²) in [6.45, 7) is 0.709. The van der Waals surface area contributed by atoms with Crippen LogP contribution in [0.3, 0.4) is 0 Å². The molecule has 1 aromatic rings. The molecule has 2 atom stereocenters. The highest BCUT2D eigenvalue weighted by Gasteiger charge is 2.34. The molecule has 0 amide bonds. The van der Waals surface area contributed by atoms with Crippen LogP contribution in [0.2, 0.25) is 0 Å². The molecule has 1 aliphatic heterocycles. The summed E-state index contributed by atoms with van der Waals surface area (Å²) in [5, 5.41) is 12.2. The number of hydrogen-bond donors (Lipinski definition) is 2. The van der Waals surface area contributed by atoms with Gasteiger partial charge in [0.25, 0.3) is 0 Å². The van der Waals surface area contributed by atoms with E-state index < -0.39 is 12.0 Å². The molecule has 1 saturated heterocycles. The van der Waals surface area contributed by atoms with Gasteiger partial charge in [0.1, 0.15) is 17.5 Å². The quantitative estimate of drug-likeness (QED) is 0.842. The molecule has 0 bridgehead atoms. The lowest BCUT2D eigenvalue weighted by Gasteiger charge is -2.17. The van der Waals surface area contributed by atoms with Gasteiger partial charge < -0.3 is 19.9 Å². The first-order valence-corrected chi connectivity index (χ1v) is 5.85. The maximum atomic E-state index is 11.2. The molecule has 1 heterocycles. The second-order valence-corrected chi connectivity index (χ2v) is 4.31. The van der Waals surface area contributed by atoms with Gasteiger partial charge in [0.15, 0.2) is 0 Å². The molecule has 1 aliphatic rings. The average Bonchev–Trinajstić information content (AvgIpc) is 2.87. The molecule has 0 aromatic heterocycles. The summed E-state index contributed by atoms with van der Waals surface area (Å²) in [6.07, 6.45) is 0.799. The van der Waals surface area contributed by atoms with Gasteiger partial charge in [-0.1, -0.05) is 0 Å². The van der Waals surface area contributed by atoms with Crippen molar-refractivity contribution >= 4 is 5.97 Å². The van der Waals surface area contributed by atoms with Gasteiger partial charge >= 0.3 is 5.97 Å². The van der Waals surface area contributed by atoms with E-state index in [4.69, 9.17) is 9.47 Å². The van der Waals surface area contributed by atoms with Crippen molar-refractivity contribution < 1.29 is 19.4 Å². The van der Waals surface area contributed by atoms with E-state index in [0.717, 1.165) is 12.0 Å². The first-order valence-electron chi connectivity index (χ1n) is 5.85. The van der Waals surface area contributed by atoms with E-state index >= 15 is 0 Å². The second-order valence-electron chi connectivity index (χ2n) is 4.31. The molecule has 0 spiro atoms. The van der Waals surface area contributed by atoms with Crippen molar-refractivity contribution in [3.63, 3.8) is 0 Å². The Kier molecular flexibility index (Phi) is 3.72. The highest BCUT2D eigenvalue weighted by atomic mass is 16.5. The van der Waals surface area contributed by atoms with Crippen LogP contribution in [0.1, 0.15) is 17.9 Å². The number of carboxylic acids is 1. The van der Waals surface area contributed by atoms with Crippen molar-refractivity contribution in [2.75, 3.05) is 20.8 Å². The normalized spacial score (nSPS) is 22.8. The average molecular weight is 251 g/mol. The third-order valence-electron chi connectivity index (χ3n) is 3.29. The summed E-state index contributed by atoms with van der Waals surface area (Å²) in [7, 11) is 3.17. The zero-order valence-electron chi connectivity index (χ0n) is 10.5. The van der Waals surface area contributed by atoms with Crippen LogP contribution < -0.4 is 14.8 Å². The highest BCUT2D eigenvalue weighted by Crippen LogP contribution is 2.33. The summed E-state index contributed by atoms with van der Waals surface area (Å²) < 4.78 is 10.4. The zero-order valence-corrected chi connectivity index (χ0v) is 10.5. The summed E-state index contributed by atoms with van der Waals surface area (Å²) >= 11 is 0. The lowest BCUT2D eigenvalue weighted by Crippen LogP contribution is -2.34. The Morgan fingerprint density at radius 2 is 1.89 bits per heavy atom. The molecule has 5 nitrogen and oxygen atoms in total. The van der Waals surface area contributed by atoms with Gasteiger partial charge in [-0.25, -0.2) is 0 Å². The molecular weight excluding hydrogens is 234 g/mol. The molecule has 2 N–H and O–H groups in total. The maximum Gasteiger partial charge on any atom is 0.321 e. The minimum Gasteiger partial charge on any atom is -0.497 e. The van der Waals surface area contributed by atoms with Crippen LogP contribution in [0.25, 0.3) is 0 Å². The van der Waals surface area contributed by atoms with Crippen LogP contribution in [0.5, 0.6) is 11.5 Å². The first kappa shape index (κ1) is 12.7. The molecule has 1 aromatic carbocycles. The predicted molar refractivity (Wildman–Crippen MR) is 66.3 cm³/mol. The molecule has 2 rings (SSSR count). The first-order chi connectivity index (χ1) is 8.65. The number of methoxy groups -OCH3 is 2. The smallest absolute Gasteiger partial charge is 0.321 e. The largest absolute Gasteiger partial charge is 0.497 e. The minimum atomic E-state index is -0.820. The fraction of sp³-hybridized carbons (Fsp3) is 0.462. The molecule has 0 unspecified atom stereocenters. The Morgan fingerprint density at radius 1 is 1.28 bits per heavy atom.